The number of hydrogen-bond donors (Lipinski definition) is 1. The molecule has 2 amide bonds. The standard InChI is InChI=1S/C15H16N4O3/c16-15(22)10-5-6-18(8-10)14(21)9-19-12-4-2-1-3-11(12)17-7-13(19)20/h1-4,7,10H,5-6,8-9H2,(H2,16,22)/t10-/m0/s1. The van der Waals surface area contributed by atoms with E-state index in [1.54, 1.807) is 23.1 Å². The largest absolute Gasteiger partial charge is 0.369 e. The van der Waals surface area contributed by atoms with Gasteiger partial charge in [-0.1, -0.05) is 12.1 Å². The molecule has 2 aromatic rings. The van der Waals surface area contributed by atoms with Crippen molar-refractivity contribution < 1.29 is 9.59 Å². The second-order valence-corrected chi connectivity index (χ2v) is 5.40. The maximum atomic E-state index is 12.4. The summed E-state index contributed by atoms with van der Waals surface area (Å²) in [5.41, 5.74) is 6.23. The third-order valence-corrected chi connectivity index (χ3v) is 3.99. The number of fused-ring (bicyclic) bond motifs is 1. The summed E-state index contributed by atoms with van der Waals surface area (Å²) >= 11 is 0. The Bertz CT molecular complexity index is 799. The summed E-state index contributed by atoms with van der Waals surface area (Å²) in [6.07, 6.45) is 1.79. The second kappa shape index (κ2) is 5.59. The van der Waals surface area contributed by atoms with Crippen LogP contribution in [0.25, 0.3) is 11.0 Å². The average molecular weight is 300 g/mol. The van der Waals surface area contributed by atoms with Gasteiger partial charge in [0.05, 0.1) is 23.1 Å². The van der Waals surface area contributed by atoms with Crippen molar-refractivity contribution >= 4 is 22.8 Å². The van der Waals surface area contributed by atoms with E-state index < -0.39 is 0 Å². The predicted molar refractivity (Wildman–Crippen MR) is 79.9 cm³/mol. The van der Waals surface area contributed by atoms with Crippen molar-refractivity contribution in [2.24, 2.45) is 11.7 Å². The van der Waals surface area contributed by atoms with Crippen LogP contribution in [0.15, 0.2) is 35.3 Å². The molecule has 0 bridgehead atoms. The van der Waals surface area contributed by atoms with Crippen molar-refractivity contribution in [3.05, 3.63) is 40.8 Å². The number of rotatable bonds is 3. The molecule has 1 atom stereocenters. The van der Waals surface area contributed by atoms with Crippen molar-refractivity contribution in [1.82, 2.24) is 14.5 Å². The molecule has 1 aromatic heterocycles. The van der Waals surface area contributed by atoms with E-state index in [1.165, 1.54) is 10.8 Å². The highest BCUT2D eigenvalue weighted by Crippen LogP contribution is 2.16. The minimum atomic E-state index is -0.387. The molecule has 1 saturated heterocycles. The summed E-state index contributed by atoms with van der Waals surface area (Å²) in [5, 5.41) is 0. The molecule has 1 aromatic carbocycles. The monoisotopic (exact) mass is 300 g/mol. The van der Waals surface area contributed by atoms with E-state index in [1.807, 2.05) is 6.07 Å². The molecule has 0 unspecified atom stereocenters. The van der Waals surface area contributed by atoms with Crippen molar-refractivity contribution in [3.63, 3.8) is 0 Å². The molecule has 3 rings (SSSR count). The maximum Gasteiger partial charge on any atom is 0.269 e. The number of primary amides is 1. The molecule has 1 fully saturated rings. The molecule has 114 valence electrons. The Morgan fingerprint density at radius 3 is 2.82 bits per heavy atom. The fourth-order valence-electron chi connectivity index (χ4n) is 2.73. The zero-order valence-electron chi connectivity index (χ0n) is 11.9. The number of para-hydroxylation sites is 2. The predicted octanol–water partition coefficient (Wildman–Crippen LogP) is -0.270. The van der Waals surface area contributed by atoms with Gasteiger partial charge in [0.2, 0.25) is 11.8 Å². The van der Waals surface area contributed by atoms with E-state index in [9.17, 15) is 14.4 Å². The lowest BCUT2D eigenvalue weighted by Crippen LogP contribution is -2.36. The molecule has 0 aliphatic carbocycles. The molecule has 0 saturated carbocycles. The first kappa shape index (κ1) is 14.2. The Balaban J connectivity index is 1.85. The van der Waals surface area contributed by atoms with Crippen LogP contribution in [0.3, 0.4) is 0 Å². The van der Waals surface area contributed by atoms with Gasteiger partial charge in [0.1, 0.15) is 6.54 Å². The van der Waals surface area contributed by atoms with Gasteiger partial charge in [-0.25, -0.2) is 4.98 Å². The molecule has 0 radical (unpaired) electrons. The van der Waals surface area contributed by atoms with Gasteiger partial charge in [0.25, 0.3) is 5.56 Å². The SMILES string of the molecule is NC(=O)[C@H]1CCN(C(=O)Cn2c(=O)cnc3ccccc32)C1. The van der Waals surface area contributed by atoms with Gasteiger partial charge in [-0.15, -0.1) is 0 Å². The van der Waals surface area contributed by atoms with E-state index in [2.05, 4.69) is 4.98 Å². The van der Waals surface area contributed by atoms with Gasteiger partial charge in [-0.3, -0.25) is 19.0 Å². The van der Waals surface area contributed by atoms with Crippen LogP contribution in [0.2, 0.25) is 0 Å². The molecule has 0 spiro atoms. The van der Waals surface area contributed by atoms with E-state index in [0.29, 0.717) is 30.5 Å². The molecular weight excluding hydrogens is 284 g/mol. The molecular formula is C15H16N4O3. The van der Waals surface area contributed by atoms with Crippen LogP contribution >= 0.6 is 0 Å². The highest BCUT2D eigenvalue weighted by Gasteiger charge is 2.29. The number of nitrogens with two attached hydrogens (primary N) is 1. The summed E-state index contributed by atoms with van der Waals surface area (Å²) in [6, 6.07) is 7.16. The lowest BCUT2D eigenvalue weighted by Gasteiger charge is -2.17. The molecule has 7 heteroatoms. The Morgan fingerprint density at radius 1 is 1.32 bits per heavy atom. The molecule has 1 aliphatic rings. The summed E-state index contributed by atoms with van der Waals surface area (Å²) in [4.78, 5) is 41.2. The summed E-state index contributed by atoms with van der Waals surface area (Å²) in [5.74, 6) is -0.876. The van der Waals surface area contributed by atoms with E-state index in [4.69, 9.17) is 5.73 Å². The van der Waals surface area contributed by atoms with Gasteiger partial charge >= 0.3 is 0 Å². The molecule has 2 heterocycles. The van der Waals surface area contributed by atoms with E-state index >= 15 is 0 Å². The van der Waals surface area contributed by atoms with Crippen molar-refractivity contribution in [1.29, 1.82) is 0 Å². The number of carbonyl (C=O) groups excluding carboxylic acids is 2. The van der Waals surface area contributed by atoms with Crippen molar-refractivity contribution in [2.45, 2.75) is 13.0 Å². The topological polar surface area (TPSA) is 98.3 Å². The molecule has 2 N–H and O–H groups in total. The van der Waals surface area contributed by atoms with Crippen LogP contribution in [0.1, 0.15) is 6.42 Å². The van der Waals surface area contributed by atoms with E-state index in [-0.39, 0.29) is 29.8 Å². The molecule has 22 heavy (non-hydrogen) atoms. The normalized spacial score (nSPS) is 17.8. The first-order valence-corrected chi connectivity index (χ1v) is 7.08. The average Bonchev–Trinajstić information content (AvgIpc) is 3.00. The second-order valence-electron chi connectivity index (χ2n) is 5.40. The zero-order chi connectivity index (χ0) is 15.7. The minimum absolute atomic E-state index is 0.0622. The summed E-state index contributed by atoms with van der Waals surface area (Å²) in [6.45, 7) is 0.753. The minimum Gasteiger partial charge on any atom is -0.369 e. The van der Waals surface area contributed by atoms with Gasteiger partial charge in [-0.05, 0) is 18.6 Å². The number of benzene rings is 1. The Kier molecular flexibility index (Phi) is 3.62. The van der Waals surface area contributed by atoms with Gasteiger partial charge < -0.3 is 10.6 Å². The number of nitrogens with zero attached hydrogens (tertiary/aromatic N) is 3. The Hall–Kier alpha value is -2.70. The third kappa shape index (κ3) is 2.57. The highest BCUT2D eigenvalue weighted by atomic mass is 16.2. The number of amides is 2. The third-order valence-electron chi connectivity index (χ3n) is 3.99. The fourth-order valence-corrected chi connectivity index (χ4v) is 2.73. The summed E-state index contributed by atoms with van der Waals surface area (Å²) in [7, 11) is 0. The fraction of sp³-hybridized carbons (Fsp3) is 0.333. The van der Waals surface area contributed by atoms with E-state index in [0.717, 1.165) is 0 Å². The van der Waals surface area contributed by atoms with Crippen LogP contribution in [-0.2, 0) is 16.1 Å². The van der Waals surface area contributed by atoms with Crippen LogP contribution in [-0.4, -0.2) is 39.4 Å². The van der Waals surface area contributed by atoms with Gasteiger partial charge in [0, 0.05) is 13.1 Å². The van der Waals surface area contributed by atoms with Crippen LogP contribution < -0.4 is 11.3 Å². The van der Waals surface area contributed by atoms with Crippen LogP contribution in [0.4, 0.5) is 0 Å². The number of likely N-dealkylation sites (tertiary alicyclic amines) is 1. The first-order valence-electron chi connectivity index (χ1n) is 7.08. The Morgan fingerprint density at radius 2 is 2.09 bits per heavy atom. The number of carbonyl (C=O) groups is 2. The van der Waals surface area contributed by atoms with Crippen molar-refractivity contribution in [3.8, 4) is 0 Å². The van der Waals surface area contributed by atoms with Crippen LogP contribution in [0.5, 0.6) is 0 Å². The van der Waals surface area contributed by atoms with Gasteiger partial charge in [0.15, 0.2) is 0 Å². The number of aromatic nitrogens is 2. The lowest BCUT2D eigenvalue weighted by molar-refractivity contribution is -0.131. The summed E-state index contributed by atoms with van der Waals surface area (Å²) < 4.78 is 1.41. The highest BCUT2D eigenvalue weighted by molar-refractivity contribution is 5.82. The van der Waals surface area contributed by atoms with Crippen LogP contribution in [0, 0.1) is 5.92 Å². The molecule has 7 nitrogen and oxygen atoms in total. The lowest BCUT2D eigenvalue weighted by atomic mass is 10.1. The van der Waals surface area contributed by atoms with Crippen molar-refractivity contribution in [2.75, 3.05) is 13.1 Å². The molecule has 1 aliphatic heterocycles. The quantitative estimate of drug-likeness (QED) is 0.843. The van der Waals surface area contributed by atoms with Gasteiger partial charge in [-0.2, -0.15) is 0 Å². The Labute approximate surface area is 126 Å². The first-order chi connectivity index (χ1) is 10.6. The zero-order valence-corrected chi connectivity index (χ0v) is 11.9. The number of hydrogen-bond acceptors (Lipinski definition) is 4. The maximum absolute atomic E-state index is 12.4. The smallest absolute Gasteiger partial charge is 0.269 e.